The van der Waals surface area contributed by atoms with Crippen molar-refractivity contribution in [3.05, 3.63) is 63.3 Å². The molecule has 0 radical (unpaired) electrons. The van der Waals surface area contributed by atoms with Crippen LogP contribution in [0.4, 0.5) is 0 Å². The molecule has 0 N–H and O–H groups in total. The Balaban J connectivity index is 1.60. The molecule has 6 atom stereocenters. The van der Waals surface area contributed by atoms with E-state index in [2.05, 4.69) is 36.4 Å². The van der Waals surface area contributed by atoms with Crippen LogP contribution in [0.5, 0.6) is 0 Å². The number of rotatable bonds is 6. The highest BCUT2D eigenvalue weighted by Crippen LogP contribution is 2.64. The van der Waals surface area contributed by atoms with E-state index in [0.717, 1.165) is 31.2 Å². The first-order valence-electron chi connectivity index (χ1n) is 12.1. The fraction of sp³-hybridized carbons (Fsp3) is 0.630. The maximum atomic E-state index is 10.7. The molecular weight excluding hydrogens is 402 g/mol. The smallest absolute Gasteiger partial charge is 0.125 e. The van der Waals surface area contributed by atoms with Crippen molar-refractivity contribution in [1.29, 1.82) is 0 Å². The normalized spacial score (nSPS) is 36.0. The Hall–Kier alpha value is -1.98. The van der Waals surface area contributed by atoms with E-state index in [0.29, 0.717) is 30.5 Å². The van der Waals surface area contributed by atoms with Crippen LogP contribution in [0.3, 0.4) is 0 Å². The summed E-state index contributed by atoms with van der Waals surface area (Å²) in [7, 11) is 3.64. The van der Waals surface area contributed by atoms with Gasteiger partial charge in [-0.25, -0.2) is 0 Å². The van der Waals surface area contributed by atoms with Crippen LogP contribution in [-0.4, -0.2) is 33.0 Å². The summed E-state index contributed by atoms with van der Waals surface area (Å²) in [5, 5.41) is 3.06. The number of nitroso groups, excluding NO2 is 1. The lowest BCUT2D eigenvalue weighted by molar-refractivity contribution is -0.0305. The minimum absolute atomic E-state index is 0.0929. The molecule has 3 aliphatic carbocycles. The zero-order chi connectivity index (χ0) is 22.3. The van der Waals surface area contributed by atoms with Crippen molar-refractivity contribution in [3.63, 3.8) is 0 Å². The van der Waals surface area contributed by atoms with Gasteiger partial charge in [0.15, 0.2) is 0 Å². The largest absolute Gasteiger partial charge is 0.495 e. The van der Waals surface area contributed by atoms with E-state index in [9.17, 15) is 4.91 Å². The van der Waals surface area contributed by atoms with Crippen LogP contribution < -0.4 is 0 Å². The monoisotopic (exact) mass is 437 g/mol. The van der Waals surface area contributed by atoms with Gasteiger partial charge >= 0.3 is 0 Å². The van der Waals surface area contributed by atoms with Gasteiger partial charge in [-0.05, 0) is 71.6 Å². The van der Waals surface area contributed by atoms with E-state index < -0.39 is 0 Å². The predicted molar refractivity (Wildman–Crippen MR) is 124 cm³/mol. The van der Waals surface area contributed by atoms with E-state index in [1.807, 2.05) is 13.4 Å². The maximum Gasteiger partial charge on any atom is 0.125 e. The highest BCUT2D eigenvalue weighted by molar-refractivity contribution is 5.48. The van der Waals surface area contributed by atoms with E-state index >= 15 is 0 Å². The van der Waals surface area contributed by atoms with Crippen LogP contribution in [0, 0.1) is 22.2 Å². The minimum atomic E-state index is 0.0929. The minimum Gasteiger partial charge on any atom is -0.495 e. The number of benzene rings is 1. The first-order valence-corrected chi connectivity index (χ1v) is 12.1. The molecule has 2 saturated carbocycles. The second kappa shape index (κ2) is 8.75. The molecule has 0 saturated heterocycles. The molecule has 0 aromatic heterocycles. The van der Waals surface area contributed by atoms with Gasteiger partial charge in [-0.3, -0.25) is 0 Å². The number of ether oxygens (including phenoxy) is 3. The van der Waals surface area contributed by atoms with Crippen molar-refractivity contribution in [1.82, 2.24) is 0 Å². The Morgan fingerprint density at radius 2 is 1.97 bits per heavy atom. The van der Waals surface area contributed by atoms with Crippen molar-refractivity contribution in [3.8, 4) is 0 Å². The number of hydrogen-bond donors (Lipinski definition) is 0. The number of hydrogen-bond acceptors (Lipinski definition) is 5. The molecule has 4 aliphatic rings. The molecule has 1 heterocycles. The standard InChI is InChI=1S/C27H35NO4/c1-27-13-23(18-6-4-17(5-7-18)14-28-29)26-21(24(27)10-11-25(27)31-3)9-8-19-15-32-20(16-30-2)12-22(19)26/h4-7,15,20-21,23-25H,8-14,16H2,1-3H3/t20?,21?,23-,24?,25+,27+/m1/s1. The Bertz CT molecular complexity index is 920. The topological polar surface area (TPSA) is 57.1 Å². The number of fused-ring (bicyclic) bond motifs is 4. The summed E-state index contributed by atoms with van der Waals surface area (Å²) in [6.45, 7) is 3.33. The summed E-state index contributed by atoms with van der Waals surface area (Å²) in [4.78, 5) is 10.7. The highest BCUT2D eigenvalue weighted by atomic mass is 16.5. The van der Waals surface area contributed by atoms with E-state index in [-0.39, 0.29) is 18.1 Å². The average molecular weight is 438 g/mol. The first kappa shape index (κ1) is 21.8. The number of methoxy groups -OCH3 is 2. The molecule has 5 rings (SSSR count). The zero-order valence-electron chi connectivity index (χ0n) is 19.5. The van der Waals surface area contributed by atoms with Crippen LogP contribution in [0.1, 0.15) is 62.5 Å². The molecule has 1 aliphatic heterocycles. The lowest BCUT2D eigenvalue weighted by Crippen LogP contribution is -2.45. The Morgan fingerprint density at radius 1 is 1.16 bits per heavy atom. The molecule has 5 heteroatoms. The summed E-state index contributed by atoms with van der Waals surface area (Å²) in [6.07, 6.45) is 9.19. The van der Waals surface area contributed by atoms with Gasteiger partial charge in [-0.15, -0.1) is 0 Å². The van der Waals surface area contributed by atoms with Crippen LogP contribution >= 0.6 is 0 Å². The molecule has 0 bridgehead atoms. The van der Waals surface area contributed by atoms with Crippen molar-refractivity contribution < 1.29 is 14.2 Å². The van der Waals surface area contributed by atoms with Crippen molar-refractivity contribution in [2.75, 3.05) is 20.8 Å². The van der Waals surface area contributed by atoms with Gasteiger partial charge in [0.1, 0.15) is 12.6 Å². The third-order valence-electron chi connectivity index (χ3n) is 8.79. The lowest BCUT2D eigenvalue weighted by atomic mass is 9.53. The van der Waals surface area contributed by atoms with Crippen LogP contribution in [0.15, 0.2) is 52.4 Å². The van der Waals surface area contributed by atoms with Gasteiger partial charge in [0.2, 0.25) is 0 Å². The zero-order valence-corrected chi connectivity index (χ0v) is 19.5. The average Bonchev–Trinajstić information content (AvgIpc) is 3.15. The van der Waals surface area contributed by atoms with E-state index in [4.69, 9.17) is 14.2 Å². The Kier molecular flexibility index (Phi) is 5.98. The van der Waals surface area contributed by atoms with Crippen LogP contribution in [-0.2, 0) is 20.8 Å². The molecule has 172 valence electrons. The quantitative estimate of drug-likeness (QED) is 0.520. The van der Waals surface area contributed by atoms with Crippen LogP contribution in [0.25, 0.3) is 0 Å². The molecule has 1 aromatic rings. The Labute approximate surface area is 191 Å². The first-order chi connectivity index (χ1) is 15.6. The fourth-order valence-corrected chi connectivity index (χ4v) is 7.37. The second-order valence-electron chi connectivity index (χ2n) is 10.3. The summed E-state index contributed by atoms with van der Waals surface area (Å²) in [6, 6.07) is 8.59. The summed E-state index contributed by atoms with van der Waals surface area (Å²) in [5.41, 5.74) is 7.08. The second-order valence-corrected chi connectivity index (χ2v) is 10.3. The Morgan fingerprint density at radius 3 is 2.69 bits per heavy atom. The molecule has 2 fully saturated rings. The van der Waals surface area contributed by atoms with Gasteiger partial charge < -0.3 is 14.2 Å². The van der Waals surface area contributed by atoms with Gasteiger partial charge in [0.25, 0.3) is 0 Å². The van der Waals surface area contributed by atoms with Crippen LogP contribution in [0.2, 0.25) is 0 Å². The molecule has 3 unspecified atom stereocenters. The van der Waals surface area contributed by atoms with Crippen molar-refractivity contribution in [2.24, 2.45) is 22.4 Å². The molecule has 32 heavy (non-hydrogen) atoms. The molecule has 0 amide bonds. The SMILES string of the molecule is COCC1CC2=C3C(CCC2=CO1)C1CC[C@H](OC)[C@@]1(C)C[C@@H]3c1ccc(CN=O)cc1. The van der Waals surface area contributed by atoms with E-state index in [1.54, 1.807) is 12.7 Å². The van der Waals surface area contributed by atoms with Gasteiger partial charge in [-0.1, -0.05) is 41.9 Å². The molecule has 1 aromatic carbocycles. The molecule has 0 spiro atoms. The molecule has 5 nitrogen and oxygen atoms in total. The number of nitrogens with zero attached hydrogens (tertiary/aromatic N) is 1. The molecular formula is C27H35NO4. The summed E-state index contributed by atoms with van der Waals surface area (Å²) in [5.74, 6) is 1.65. The summed E-state index contributed by atoms with van der Waals surface area (Å²) >= 11 is 0. The van der Waals surface area contributed by atoms with Crippen molar-refractivity contribution in [2.45, 2.75) is 70.1 Å². The van der Waals surface area contributed by atoms with Gasteiger partial charge in [0, 0.05) is 26.6 Å². The summed E-state index contributed by atoms with van der Waals surface area (Å²) < 4.78 is 17.5. The van der Waals surface area contributed by atoms with Gasteiger partial charge in [-0.2, -0.15) is 4.91 Å². The lowest BCUT2D eigenvalue weighted by Gasteiger charge is -2.52. The maximum absolute atomic E-state index is 10.7. The predicted octanol–water partition coefficient (Wildman–Crippen LogP) is 5.90. The van der Waals surface area contributed by atoms with Gasteiger partial charge in [0.05, 0.1) is 19.0 Å². The fourth-order valence-electron chi connectivity index (χ4n) is 7.37. The third-order valence-corrected chi connectivity index (χ3v) is 8.79. The highest BCUT2D eigenvalue weighted by Gasteiger charge is 2.57. The van der Waals surface area contributed by atoms with Crippen molar-refractivity contribution >= 4 is 0 Å². The third kappa shape index (κ3) is 3.54. The van der Waals surface area contributed by atoms with E-state index in [1.165, 1.54) is 29.6 Å². The number of allylic oxidation sites excluding steroid dienone is 2.